The van der Waals surface area contributed by atoms with Crippen molar-refractivity contribution in [2.24, 2.45) is 0 Å². The normalized spacial score (nSPS) is 18.3. The minimum absolute atomic E-state index is 0.0944. The number of para-hydroxylation sites is 1. The number of rotatable bonds is 15. The van der Waals surface area contributed by atoms with Gasteiger partial charge in [0.1, 0.15) is 17.1 Å². The molecule has 1 fully saturated rings. The number of anilines is 1. The fourth-order valence-electron chi connectivity index (χ4n) is 6.52. The van der Waals surface area contributed by atoms with Crippen LogP contribution in [-0.2, 0) is 32.0 Å². The van der Waals surface area contributed by atoms with Crippen molar-refractivity contribution in [3.63, 3.8) is 0 Å². The van der Waals surface area contributed by atoms with Crippen molar-refractivity contribution >= 4 is 11.8 Å². The molecule has 3 atom stereocenters. The summed E-state index contributed by atoms with van der Waals surface area (Å²) >= 11 is 0. The lowest BCUT2D eigenvalue weighted by Crippen LogP contribution is -2.48. The molecule has 2 aliphatic heterocycles. The molecule has 0 aliphatic carbocycles. The summed E-state index contributed by atoms with van der Waals surface area (Å²) in [6.45, 7) is 9.94. The molecular weight excluding hydrogens is 620 g/mol. The summed E-state index contributed by atoms with van der Waals surface area (Å²) < 4.78 is 35.6. The van der Waals surface area contributed by atoms with Gasteiger partial charge in [-0.2, -0.15) is 0 Å². The number of piperidine rings is 1. The van der Waals surface area contributed by atoms with E-state index in [2.05, 4.69) is 35.6 Å². The number of amides is 1. The van der Waals surface area contributed by atoms with E-state index in [1.165, 1.54) is 16.8 Å². The number of methoxy groups -OCH3 is 2. The van der Waals surface area contributed by atoms with E-state index in [-0.39, 0.29) is 24.2 Å². The highest BCUT2D eigenvalue weighted by molar-refractivity contribution is 5.68. The van der Waals surface area contributed by atoms with Gasteiger partial charge in [0.2, 0.25) is 0 Å². The maximum atomic E-state index is 13.2. The Bertz CT molecular complexity index is 1470. The fourth-order valence-corrected chi connectivity index (χ4v) is 6.52. The molecule has 0 spiro atoms. The monoisotopic (exact) mass is 674 g/mol. The Morgan fingerprint density at radius 2 is 1.82 bits per heavy atom. The van der Waals surface area contributed by atoms with Crippen LogP contribution in [0.4, 0.5) is 10.5 Å². The van der Waals surface area contributed by atoms with Crippen molar-refractivity contribution in [1.29, 1.82) is 0 Å². The Kier molecular flexibility index (Phi) is 13.2. The van der Waals surface area contributed by atoms with Crippen molar-refractivity contribution in [1.82, 2.24) is 4.90 Å². The zero-order valence-corrected chi connectivity index (χ0v) is 29.9. The molecule has 1 saturated heterocycles. The van der Waals surface area contributed by atoms with Gasteiger partial charge in [-0.3, -0.25) is 0 Å². The van der Waals surface area contributed by atoms with E-state index in [0.29, 0.717) is 45.9 Å². The van der Waals surface area contributed by atoms with Crippen molar-refractivity contribution in [2.45, 2.75) is 83.2 Å². The molecule has 2 heterocycles. The van der Waals surface area contributed by atoms with Crippen LogP contribution in [0.15, 0.2) is 66.7 Å². The third-order valence-corrected chi connectivity index (χ3v) is 9.04. The molecule has 0 saturated carbocycles. The van der Waals surface area contributed by atoms with Gasteiger partial charge in [-0.25, -0.2) is 4.79 Å². The topological polar surface area (TPSA) is 87.7 Å². The van der Waals surface area contributed by atoms with Crippen LogP contribution in [0.3, 0.4) is 0 Å². The molecule has 266 valence electrons. The standard InChI is InChI=1S/C40H54N2O7/c1-40(2,3)49-39(43)42-22-19-34(38(27-42)48-37(20-25-44-4)31-14-13-30-11-8-21-41-35(30)26-31)29-15-17-33(18-16-29)47-24-9-23-46-28-32-10-6-7-12-36(32)45-5/h6-7,10,12-18,26,34,37-38,41H,8-9,11,19-25,27-28H2,1-5H3/t34-,37?,38+/m1/s1. The van der Waals surface area contributed by atoms with Gasteiger partial charge in [0.15, 0.2) is 0 Å². The second-order valence-corrected chi connectivity index (χ2v) is 13.8. The number of carbonyl (C=O) groups excluding carboxylic acids is 1. The highest BCUT2D eigenvalue weighted by Gasteiger charge is 2.37. The number of nitrogens with zero attached hydrogens (tertiary/aromatic N) is 1. The predicted octanol–water partition coefficient (Wildman–Crippen LogP) is 7.93. The average Bonchev–Trinajstić information content (AvgIpc) is 3.11. The van der Waals surface area contributed by atoms with Gasteiger partial charge in [0, 0.05) is 56.8 Å². The van der Waals surface area contributed by atoms with Crippen molar-refractivity contribution in [3.8, 4) is 11.5 Å². The van der Waals surface area contributed by atoms with Gasteiger partial charge in [-0.15, -0.1) is 0 Å². The number of ether oxygens (including phenoxy) is 6. The van der Waals surface area contributed by atoms with E-state index in [9.17, 15) is 4.79 Å². The molecule has 1 N–H and O–H groups in total. The van der Waals surface area contributed by atoms with E-state index in [4.69, 9.17) is 28.4 Å². The molecular formula is C40H54N2O7. The van der Waals surface area contributed by atoms with Gasteiger partial charge in [-0.1, -0.05) is 42.5 Å². The minimum Gasteiger partial charge on any atom is -0.496 e. The van der Waals surface area contributed by atoms with Crippen LogP contribution in [0, 0.1) is 0 Å². The Morgan fingerprint density at radius 3 is 2.59 bits per heavy atom. The Morgan fingerprint density at radius 1 is 1.00 bits per heavy atom. The minimum atomic E-state index is -0.571. The fraction of sp³-hybridized carbons (Fsp3) is 0.525. The first kappa shape index (κ1) is 36.5. The number of nitrogens with one attached hydrogen (secondary N) is 1. The lowest BCUT2D eigenvalue weighted by Gasteiger charge is -2.40. The number of hydrogen-bond acceptors (Lipinski definition) is 8. The number of likely N-dealkylation sites (tertiary alicyclic amines) is 1. The van der Waals surface area contributed by atoms with E-state index < -0.39 is 5.60 Å². The average molecular weight is 675 g/mol. The summed E-state index contributed by atoms with van der Waals surface area (Å²) in [7, 11) is 3.39. The SMILES string of the molecule is COCCC(O[C@H]1CN(C(=O)OC(C)(C)C)CC[C@@H]1c1ccc(OCCCOCc2ccccc2OC)cc1)c1ccc2c(c1)NCCC2. The Hall–Kier alpha value is -3.79. The van der Waals surface area contributed by atoms with Gasteiger partial charge in [0.25, 0.3) is 0 Å². The maximum absolute atomic E-state index is 13.2. The molecule has 3 aromatic rings. The van der Waals surface area contributed by atoms with Gasteiger partial charge >= 0.3 is 6.09 Å². The summed E-state index contributed by atoms with van der Waals surface area (Å²) in [5, 5.41) is 3.56. The summed E-state index contributed by atoms with van der Waals surface area (Å²) in [4.78, 5) is 15.0. The second-order valence-electron chi connectivity index (χ2n) is 13.8. The van der Waals surface area contributed by atoms with Gasteiger partial charge in [-0.05, 0) is 81.0 Å². The smallest absolute Gasteiger partial charge is 0.410 e. The molecule has 9 nitrogen and oxygen atoms in total. The number of benzene rings is 3. The van der Waals surface area contributed by atoms with E-state index in [0.717, 1.165) is 54.9 Å². The predicted molar refractivity (Wildman–Crippen MR) is 192 cm³/mol. The number of carbonyl (C=O) groups is 1. The third kappa shape index (κ3) is 10.6. The quantitative estimate of drug-likeness (QED) is 0.163. The molecule has 0 radical (unpaired) electrons. The molecule has 1 amide bonds. The van der Waals surface area contributed by atoms with Crippen LogP contribution < -0.4 is 14.8 Å². The Balaban J connectivity index is 1.24. The van der Waals surface area contributed by atoms with E-state index in [1.54, 1.807) is 19.1 Å². The number of hydrogen-bond donors (Lipinski definition) is 1. The van der Waals surface area contributed by atoms with Crippen LogP contribution in [-0.4, -0.2) is 76.4 Å². The highest BCUT2D eigenvalue weighted by Crippen LogP contribution is 2.37. The molecule has 0 aromatic heterocycles. The van der Waals surface area contributed by atoms with Crippen molar-refractivity contribution in [3.05, 3.63) is 89.0 Å². The third-order valence-electron chi connectivity index (χ3n) is 9.04. The van der Waals surface area contributed by atoms with Crippen LogP contribution in [0.5, 0.6) is 11.5 Å². The lowest BCUT2D eigenvalue weighted by molar-refractivity contribution is -0.0725. The van der Waals surface area contributed by atoms with Crippen LogP contribution in [0.2, 0.25) is 0 Å². The van der Waals surface area contributed by atoms with Crippen LogP contribution in [0.25, 0.3) is 0 Å². The summed E-state index contributed by atoms with van der Waals surface area (Å²) in [5.74, 6) is 1.75. The lowest BCUT2D eigenvalue weighted by atomic mass is 9.86. The molecule has 9 heteroatoms. The number of fused-ring (bicyclic) bond motifs is 1. The van der Waals surface area contributed by atoms with Crippen LogP contribution >= 0.6 is 0 Å². The zero-order chi connectivity index (χ0) is 34.6. The molecule has 5 rings (SSSR count). The summed E-state index contributed by atoms with van der Waals surface area (Å²) in [6, 6.07) is 22.8. The van der Waals surface area contributed by atoms with Crippen molar-refractivity contribution in [2.75, 3.05) is 59.0 Å². The van der Waals surface area contributed by atoms with Gasteiger partial charge in [0.05, 0.1) is 45.7 Å². The zero-order valence-electron chi connectivity index (χ0n) is 29.9. The summed E-state index contributed by atoms with van der Waals surface area (Å²) in [6.07, 6.45) is 3.74. The van der Waals surface area contributed by atoms with Crippen molar-refractivity contribution < 1.29 is 33.2 Å². The van der Waals surface area contributed by atoms with Crippen LogP contribution in [0.1, 0.15) is 80.7 Å². The van der Waals surface area contributed by atoms with E-state index in [1.807, 2.05) is 57.2 Å². The molecule has 1 unspecified atom stereocenters. The molecule has 49 heavy (non-hydrogen) atoms. The number of aryl methyl sites for hydroxylation is 1. The molecule has 2 aliphatic rings. The largest absolute Gasteiger partial charge is 0.496 e. The van der Waals surface area contributed by atoms with Gasteiger partial charge < -0.3 is 38.6 Å². The molecule has 0 bridgehead atoms. The highest BCUT2D eigenvalue weighted by atomic mass is 16.6. The first-order valence-electron chi connectivity index (χ1n) is 17.7. The van der Waals surface area contributed by atoms with E-state index >= 15 is 0 Å². The maximum Gasteiger partial charge on any atom is 0.410 e. The second kappa shape index (κ2) is 17.7. The first-order valence-corrected chi connectivity index (χ1v) is 17.7. The molecule has 3 aromatic carbocycles. The first-order chi connectivity index (χ1) is 23.7. The Labute approximate surface area is 292 Å². The summed E-state index contributed by atoms with van der Waals surface area (Å²) in [5.41, 5.74) is 5.27.